The number of ether oxygens (including phenoxy) is 2. The smallest absolute Gasteiger partial charge is 0.119 e. The van der Waals surface area contributed by atoms with E-state index in [9.17, 15) is 0 Å². The third-order valence-electron chi connectivity index (χ3n) is 2.84. The third kappa shape index (κ3) is 3.91. The molecule has 0 aliphatic carbocycles. The van der Waals surface area contributed by atoms with Crippen LogP contribution in [0.4, 0.5) is 5.69 Å². The summed E-state index contributed by atoms with van der Waals surface area (Å²) in [5.41, 5.74) is 1.15. The summed E-state index contributed by atoms with van der Waals surface area (Å²) in [5.74, 6) is 0.886. The summed E-state index contributed by atoms with van der Waals surface area (Å²) >= 11 is 0. The van der Waals surface area contributed by atoms with E-state index in [0.717, 1.165) is 24.5 Å². The van der Waals surface area contributed by atoms with Crippen LogP contribution >= 0.6 is 0 Å². The standard InChI is InChI=1S/C13H20N2O2/c1-16-8-9-17-13-4-2-11(3-5-13)15-12-6-7-14-10-12/h2-5,12,14-15H,6-10H2,1H3. The monoisotopic (exact) mass is 236 g/mol. The molecule has 94 valence electrons. The van der Waals surface area contributed by atoms with E-state index >= 15 is 0 Å². The molecule has 1 aromatic carbocycles. The molecule has 0 aromatic heterocycles. The van der Waals surface area contributed by atoms with Crippen molar-refractivity contribution in [2.45, 2.75) is 12.5 Å². The van der Waals surface area contributed by atoms with Crippen molar-refractivity contribution in [2.24, 2.45) is 0 Å². The predicted octanol–water partition coefficient (Wildman–Crippen LogP) is 1.49. The maximum absolute atomic E-state index is 5.51. The van der Waals surface area contributed by atoms with Crippen LogP contribution in [-0.4, -0.2) is 39.5 Å². The van der Waals surface area contributed by atoms with Gasteiger partial charge in [-0.25, -0.2) is 0 Å². The first-order valence-electron chi connectivity index (χ1n) is 6.07. The third-order valence-corrected chi connectivity index (χ3v) is 2.84. The lowest BCUT2D eigenvalue weighted by Gasteiger charge is -2.13. The van der Waals surface area contributed by atoms with Crippen LogP contribution in [0.15, 0.2) is 24.3 Å². The summed E-state index contributed by atoms with van der Waals surface area (Å²) in [6.07, 6.45) is 1.19. The molecule has 0 saturated carbocycles. The summed E-state index contributed by atoms with van der Waals surface area (Å²) in [7, 11) is 1.67. The van der Waals surface area contributed by atoms with Gasteiger partial charge in [0.25, 0.3) is 0 Å². The van der Waals surface area contributed by atoms with Crippen LogP contribution in [0.2, 0.25) is 0 Å². The second-order valence-corrected chi connectivity index (χ2v) is 4.20. The van der Waals surface area contributed by atoms with Gasteiger partial charge < -0.3 is 20.1 Å². The molecule has 1 aliphatic rings. The molecule has 4 nitrogen and oxygen atoms in total. The summed E-state index contributed by atoms with van der Waals surface area (Å²) in [6.45, 7) is 3.37. The van der Waals surface area contributed by atoms with E-state index in [-0.39, 0.29) is 0 Å². The molecule has 1 saturated heterocycles. The van der Waals surface area contributed by atoms with Gasteiger partial charge in [0.1, 0.15) is 12.4 Å². The molecule has 1 aromatic rings. The Labute approximate surface area is 102 Å². The molecule has 1 aliphatic heterocycles. The van der Waals surface area contributed by atoms with Crippen molar-refractivity contribution in [3.05, 3.63) is 24.3 Å². The molecule has 1 heterocycles. The van der Waals surface area contributed by atoms with E-state index in [2.05, 4.69) is 22.8 Å². The minimum atomic E-state index is 0.551. The van der Waals surface area contributed by atoms with Crippen molar-refractivity contribution in [3.8, 4) is 5.75 Å². The van der Waals surface area contributed by atoms with Crippen molar-refractivity contribution in [2.75, 3.05) is 38.7 Å². The van der Waals surface area contributed by atoms with Crippen LogP contribution in [0.5, 0.6) is 5.75 Å². The maximum Gasteiger partial charge on any atom is 0.119 e. The molecule has 17 heavy (non-hydrogen) atoms. The van der Waals surface area contributed by atoms with Crippen molar-refractivity contribution in [1.29, 1.82) is 0 Å². The first-order chi connectivity index (χ1) is 8.38. The zero-order valence-corrected chi connectivity index (χ0v) is 10.2. The van der Waals surface area contributed by atoms with Gasteiger partial charge in [0.15, 0.2) is 0 Å². The molecule has 1 atom stereocenters. The average Bonchev–Trinajstić information content (AvgIpc) is 2.85. The van der Waals surface area contributed by atoms with Crippen LogP contribution in [0.1, 0.15) is 6.42 Å². The summed E-state index contributed by atoms with van der Waals surface area (Å²) < 4.78 is 10.4. The van der Waals surface area contributed by atoms with Crippen molar-refractivity contribution in [3.63, 3.8) is 0 Å². The Balaban J connectivity index is 1.80. The number of nitrogens with one attached hydrogen (secondary N) is 2. The van der Waals surface area contributed by atoms with Crippen LogP contribution in [0.25, 0.3) is 0 Å². The molecule has 4 heteroatoms. The molecule has 0 amide bonds. The lowest BCUT2D eigenvalue weighted by atomic mass is 10.2. The van der Waals surface area contributed by atoms with Gasteiger partial charge in [-0.15, -0.1) is 0 Å². The van der Waals surface area contributed by atoms with E-state index in [4.69, 9.17) is 9.47 Å². The molecule has 0 spiro atoms. The Bertz CT molecular complexity index is 321. The quantitative estimate of drug-likeness (QED) is 0.734. The van der Waals surface area contributed by atoms with Gasteiger partial charge in [0.05, 0.1) is 6.61 Å². The van der Waals surface area contributed by atoms with Gasteiger partial charge in [0.2, 0.25) is 0 Å². The van der Waals surface area contributed by atoms with Crippen LogP contribution in [0.3, 0.4) is 0 Å². The van der Waals surface area contributed by atoms with Crippen LogP contribution in [-0.2, 0) is 4.74 Å². The predicted molar refractivity (Wildman–Crippen MR) is 68.7 cm³/mol. The number of hydrogen-bond acceptors (Lipinski definition) is 4. The van der Waals surface area contributed by atoms with E-state index in [0.29, 0.717) is 19.3 Å². The van der Waals surface area contributed by atoms with Crippen molar-refractivity contribution >= 4 is 5.69 Å². The first kappa shape index (κ1) is 12.2. The van der Waals surface area contributed by atoms with Crippen molar-refractivity contribution < 1.29 is 9.47 Å². The molecule has 2 rings (SSSR count). The zero-order valence-electron chi connectivity index (χ0n) is 10.2. The molecule has 0 radical (unpaired) electrons. The minimum absolute atomic E-state index is 0.551. The minimum Gasteiger partial charge on any atom is -0.491 e. The topological polar surface area (TPSA) is 42.5 Å². The molecule has 0 bridgehead atoms. The fraction of sp³-hybridized carbons (Fsp3) is 0.538. The van der Waals surface area contributed by atoms with Crippen LogP contribution < -0.4 is 15.4 Å². The largest absolute Gasteiger partial charge is 0.491 e. The molecule has 1 fully saturated rings. The van der Waals surface area contributed by atoms with Gasteiger partial charge >= 0.3 is 0 Å². The SMILES string of the molecule is COCCOc1ccc(NC2CCNC2)cc1. The van der Waals surface area contributed by atoms with E-state index in [1.807, 2.05) is 12.1 Å². The molecule has 2 N–H and O–H groups in total. The summed E-state index contributed by atoms with van der Waals surface area (Å²) in [5, 5.41) is 6.83. The lowest BCUT2D eigenvalue weighted by molar-refractivity contribution is 0.146. The van der Waals surface area contributed by atoms with E-state index in [1.54, 1.807) is 7.11 Å². The van der Waals surface area contributed by atoms with Gasteiger partial charge in [-0.05, 0) is 37.2 Å². The van der Waals surface area contributed by atoms with Gasteiger partial charge in [0, 0.05) is 25.4 Å². The van der Waals surface area contributed by atoms with Gasteiger partial charge in [-0.3, -0.25) is 0 Å². The Morgan fingerprint density at radius 1 is 1.29 bits per heavy atom. The second kappa shape index (κ2) is 6.47. The lowest BCUT2D eigenvalue weighted by Crippen LogP contribution is -2.21. The number of methoxy groups -OCH3 is 1. The first-order valence-corrected chi connectivity index (χ1v) is 6.07. The number of benzene rings is 1. The fourth-order valence-corrected chi connectivity index (χ4v) is 1.90. The Kier molecular flexibility index (Phi) is 4.64. The average molecular weight is 236 g/mol. The maximum atomic E-state index is 5.51. The second-order valence-electron chi connectivity index (χ2n) is 4.20. The number of hydrogen-bond donors (Lipinski definition) is 2. The molecular formula is C13H20N2O2. The zero-order chi connectivity index (χ0) is 11.9. The van der Waals surface area contributed by atoms with E-state index < -0.39 is 0 Å². The van der Waals surface area contributed by atoms with Gasteiger partial charge in [-0.2, -0.15) is 0 Å². The molecule has 1 unspecified atom stereocenters. The fourth-order valence-electron chi connectivity index (χ4n) is 1.90. The highest BCUT2D eigenvalue weighted by Crippen LogP contribution is 2.17. The van der Waals surface area contributed by atoms with E-state index in [1.165, 1.54) is 6.42 Å². The van der Waals surface area contributed by atoms with Crippen LogP contribution in [0, 0.1) is 0 Å². The Morgan fingerprint density at radius 3 is 2.76 bits per heavy atom. The number of anilines is 1. The summed E-state index contributed by atoms with van der Waals surface area (Å²) in [6, 6.07) is 8.64. The van der Waals surface area contributed by atoms with Gasteiger partial charge in [-0.1, -0.05) is 0 Å². The summed E-state index contributed by atoms with van der Waals surface area (Å²) in [4.78, 5) is 0. The normalized spacial score (nSPS) is 19.2. The highest BCUT2D eigenvalue weighted by atomic mass is 16.5. The van der Waals surface area contributed by atoms with Crippen molar-refractivity contribution in [1.82, 2.24) is 5.32 Å². The molecular weight excluding hydrogens is 216 g/mol. The highest BCUT2D eigenvalue weighted by molar-refractivity contribution is 5.47. The highest BCUT2D eigenvalue weighted by Gasteiger charge is 2.13. The number of rotatable bonds is 6. The Morgan fingerprint density at radius 2 is 2.12 bits per heavy atom. The Hall–Kier alpha value is -1.26.